The number of carbonyl (C=O) groups is 2. The Morgan fingerprint density at radius 3 is 2.70 bits per heavy atom. The van der Waals surface area contributed by atoms with Crippen molar-refractivity contribution in [3.05, 3.63) is 35.9 Å². The number of benzene rings is 1. The lowest BCUT2D eigenvalue weighted by atomic mass is 10.0. The Morgan fingerprint density at radius 1 is 1.22 bits per heavy atom. The number of carbonyl (C=O) groups excluding carboxylic acids is 2. The molecule has 0 bridgehead atoms. The Morgan fingerprint density at radius 2 is 2.00 bits per heavy atom. The molecule has 2 fully saturated rings. The van der Waals surface area contributed by atoms with Gasteiger partial charge in [-0.1, -0.05) is 30.3 Å². The number of likely N-dealkylation sites (tertiary alicyclic amines) is 2. The summed E-state index contributed by atoms with van der Waals surface area (Å²) >= 11 is 0. The molecular weight excluding hydrogens is 290 g/mol. The predicted octanol–water partition coefficient (Wildman–Crippen LogP) is 1.69. The largest absolute Gasteiger partial charge is 0.341 e. The van der Waals surface area contributed by atoms with E-state index >= 15 is 0 Å². The van der Waals surface area contributed by atoms with Gasteiger partial charge < -0.3 is 15.5 Å². The van der Waals surface area contributed by atoms with E-state index in [0.29, 0.717) is 19.4 Å². The minimum Gasteiger partial charge on any atom is -0.341 e. The maximum Gasteiger partial charge on any atom is 0.224 e. The third kappa shape index (κ3) is 3.72. The van der Waals surface area contributed by atoms with Crippen LogP contribution in [0.5, 0.6) is 0 Å². The SMILES string of the molecule is N[C@@H](CC(=O)N1CCC[C@H](N2CCCC2=O)C1)c1ccccc1. The van der Waals surface area contributed by atoms with Crippen LogP contribution >= 0.6 is 0 Å². The summed E-state index contributed by atoms with van der Waals surface area (Å²) in [6.07, 6.45) is 3.89. The van der Waals surface area contributed by atoms with Gasteiger partial charge in [0.05, 0.1) is 0 Å². The van der Waals surface area contributed by atoms with Gasteiger partial charge in [0.15, 0.2) is 0 Å². The molecule has 5 heteroatoms. The molecule has 5 nitrogen and oxygen atoms in total. The van der Waals surface area contributed by atoms with E-state index in [2.05, 4.69) is 0 Å². The zero-order valence-corrected chi connectivity index (χ0v) is 13.5. The lowest BCUT2D eigenvalue weighted by molar-refractivity contribution is -0.137. The molecule has 2 heterocycles. The Balaban J connectivity index is 1.57. The quantitative estimate of drug-likeness (QED) is 0.919. The van der Waals surface area contributed by atoms with Crippen molar-refractivity contribution in [2.24, 2.45) is 5.73 Å². The molecule has 0 radical (unpaired) electrons. The van der Waals surface area contributed by atoms with Gasteiger partial charge in [-0.15, -0.1) is 0 Å². The fourth-order valence-corrected chi connectivity index (χ4v) is 3.63. The van der Waals surface area contributed by atoms with Crippen LogP contribution in [0.25, 0.3) is 0 Å². The second kappa shape index (κ2) is 7.13. The van der Waals surface area contributed by atoms with Crippen molar-refractivity contribution < 1.29 is 9.59 Å². The van der Waals surface area contributed by atoms with E-state index in [9.17, 15) is 9.59 Å². The van der Waals surface area contributed by atoms with Crippen molar-refractivity contribution in [2.45, 2.75) is 44.2 Å². The van der Waals surface area contributed by atoms with E-state index in [-0.39, 0.29) is 23.9 Å². The van der Waals surface area contributed by atoms with Crippen LogP contribution in [0, 0.1) is 0 Å². The molecule has 2 amide bonds. The van der Waals surface area contributed by atoms with Crippen molar-refractivity contribution in [3.8, 4) is 0 Å². The highest BCUT2D eigenvalue weighted by atomic mass is 16.2. The van der Waals surface area contributed by atoms with Gasteiger partial charge in [-0.3, -0.25) is 9.59 Å². The summed E-state index contributed by atoms with van der Waals surface area (Å²) in [5, 5.41) is 0. The van der Waals surface area contributed by atoms with Crippen molar-refractivity contribution in [1.82, 2.24) is 9.80 Å². The number of hydrogen-bond donors (Lipinski definition) is 1. The van der Waals surface area contributed by atoms with Gasteiger partial charge in [0, 0.05) is 44.6 Å². The van der Waals surface area contributed by atoms with Crippen LogP contribution in [0.1, 0.15) is 43.7 Å². The van der Waals surface area contributed by atoms with Crippen LogP contribution in [-0.4, -0.2) is 47.3 Å². The lowest BCUT2D eigenvalue weighted by Gasteiger charge is -2.38. The zero-order valence-electron chi connectivity index (χ0n) is 13.5. The molecule has 2 saturated heterocycles. The van der Waals surface area contributed by atoms with Crippen LogP contribution in [0.3, 0.4) is 0 Å². The van der Waals surface area contributed by atoms with Crippen LogP contribution in [0.2, 0.25) is 0 Å². The first-order valence-corrected chi connectivity index (χ1v) is 8.53. The normalized spacial score (nSPS) is 23.2. The Hall–Kier alpha value is -1.88. The highest BCUT2D eigenvalue weighted by molar-refractivity contribution is 5.79. The summed E-state index contributed by atoms with van der Waals surface area (Å²) < 4.78 is 0. The molecule has 3 rings (SSSR count). The summed E-state index contributed by atoms with van der Waals surface area (Å²) in [5.41, 5.74) is 7.16. The summed E-state index contributed by atoms with van der Waals surface area (Å²) in [4.78, 5) is 28.3. The summed E-state index contributed by atoms with van der Waals surface area (Å²) in [7, 11) is 0. The monoisotopic (exact) mass is 315 g/mol. The van der Waals surface area contributed by atoms with Crippen LogP contribution in [0.4, 0.5) is 0 Å². The first-order valence-electron chi connectivity index (χ1n) is 8.53. The van der Waals surface area contributed by atoms with Gasteiger partial charge in [-0.2, -0.15) is 0 Å². The number of amides is 2. The topological polar surface area (TPSA) is 66.6 Å². The van der Waals surface area contributed by atoms with Gasteiger partial charge in [0.25, 0.3) is 0 Å². The molecule has 0 aromatic heterocycles. The smallest absolute Gasteiger partial charge is 0.224 e. The highest BCUT2D eigenvalue weighted by Gasteiger charge is 2.33. The second-order valence-corrected chi connectivity index (χ2v) is 6.55. The second-order valence-electron chi connectivity index (χ2n) is 6.55. The van der Waals surface area contributed by atoms with Crippen LogP contribution < -0.4 is 5.73 Å². The zero-order chi connectivity index (χ0) is 16.2. The maximum atomic E-state index is 12.6. The molecule has 0 saturated carbocycles. The molecule has 124 valence electrons. The molecular formula is C18H25N3O2. The van der Waals surface area contributed by atoms with E-state index in [4.69, 9.17) is 5.73 Å². The first kappa shape index (κ1) is 16.0. The molecule has 2 atom stereocenters. The molecule has 2 N–H and O–H groups in total. The molecule has 2 aliphatic rings. The molecule has 1 aromatic carbocycles. The average Bonchev–Trinajstić information content (AvgIpc) is 3.02. The lowest BCUT2D eigenvalue weighted by Crippen LogP contribution is -2.50. The van der Waals surface area contributed by atoms with Crippen molar-refractivity contribution in [3.63, 3.8) is 0 Å². The van der Waals surface area contributed by atoms with Crippen molar-refractivity contribution >= 4 is 11.8 Å². The van der Waals surface area contributed by atoms with E-state index in [0.717, 1.165) is 37.9 Å². The Bertz CT molecular complexity index is 561. The minimum absolute atomic E-state index is 0.0951. The van der Waals surface area contributed by atoms with E-state index in [1.165, 1.54) is 0 Å². The maximum absolute atomic E-state index is 12.6. The molecule has 0 aliphatic carbocycles. The summed E-state index contributed by atoms with van der Waals surface area (Å²) in [5.74, 6) is 0.336. The van der Waals surface area contributed by atoms with Gasteiger partial charge in [0.2, 0.25) is 11.8 Å². The number of nitrogens with zero attached hydrogens (tertiary/aromatic N) is 2. The molecule has 0 spiro atoms. The number of nitrogens with two attached hydrogens (primary N) is 1. The third-order valence-corrected chi connectivity index (χ3v) is 4.92. The Kier molecular flexibility index (Phi) is 4.96. The van der Waals surface area contributed by atoms with Crippen molar-refractivity contribution in [2.75, 3.05) is 19.6 Å². The number of piperidine rings is 1. The fourth-order valence-electron chi connectivity index (χ4n) is 3.63. The van der Waals surface area contributed by atoms with E-state index in [1.807, 2.05) is 40.1 Å². The average molecular weight is 315 g/mol. The Labute approximate surface area is 137 Å². The standard InChI is InChI=1S/C18H25N3O2/c19-16(14-6-2-1-3-7-14)12-18(23)20-10-4-8-15(13-20)21-11-5-9-17(21)22/h1-3,6-7,15-16H,4-5,8-13,19H2/t15-,16-/m0/s1. The molecule has 23 heavy (non-hydrogen) atoms. The third-order valence-electron chi connectivity index (χ3n) is 4.92. The molecule has 1 aromatic rings. The fraction of sp³-hybridized carbons (Fsp3) is 0.556. The number of rotatable bonds is 4. The van der Waals surface area contributed by atoms with Crippen molar-refractivity contribution in [1.29, 1.82) is 0 Å². The summed E-state index contributed by atoms with van der Waals surface area (Å²) in [6.45, 7) is 2.28. The molecule has 0 unspecified atom stereocenters. The van der Waals surface area contributed by atoms with Gasteiger partial charge in [-0.05, 0) is 24.8 Å². The molecule has 2 aliphatic heterocycles. The van der Waals surface area contributed by atoms with Gasteiger partial charge in [-0.25, -0.2) is 0 Å². The highest BCUT2D eigenvalue weighted by Crippen LogP contribution is 2.23. The van der Waals surface area contributed by atoms with E-state index in [1.54, 1.807) is 0 Å². The van der Waals surface area contributed by atoms with Crippen LogP contribution in [0.15, 0.2) is 30.3 Å². The van der Waals surface area contributed by atoms with Gasteiger partial charge >= 0.3 is 0 Å². The van der Waals surface area contributed by atoms with E-state index < -0.39 is 0 Å². The summed E-state index contributed by atoms with van der Waals surface area (Å²) in [6, 6.07) is 9.67. The number of hydrogen-bond acceptors (Lipinski definition) is 3. The van der Waals surface area contributed by atoms with Crippen LogP contribution in [-0.2, 0) is 9.59 Å². The van der Waals surface area contributed by atoms with Gasteiger partial charge in [0.1, 0.15) is 0 Å². The first-order chi connectivity index (χ1) is 11.1. The minimum atomic E-state index is -0.266. The predicted molar refractivity (Wildman–Crippen MR) is 88.5 cm³/mol.